The first-order chi connectivity index (χ1) is 10.4. The van der Waals surface area contributed by atoms with Gasteiger partial charge in [-0.1, -0.05) is 19.9 Å². The van der Waals surface area contributed by atoms with Crippen LogP contribution >= 0.6 is 0 Å². The number of hydrogen-bond donors (Lipinski definition) is 3. The largest absolute Gasteiger partial charge is 0.512 e. The molecule has 0 heterocycles. The molecule has 4 aliphatic rings. The smallest absolute Gasteiger partial charge is 0.0923 e. The van der Waals surface area contributed by atoms with Gasteiger partial charge in [-0.3, -0.25) is 0 Å². The third-order valence-corrected chi connectivity index (χ3v) is 7.85. The van der Waals surface area contributed by atoms with Crippen LogP contribution in [-0.2, 0) is 0 Å². The lowest BCUT2D eigenvalue weighted by atomic mass is 9.49. The molecule has 2 fully saturated rings. The Balaban J connectivity index is 1.82. The van der Waals surface area contributed by atoms with Gasteiger partial charge in [0.25, 0.3) is 0 Å². The fourth-order valence-corrected chi connectivity index (χ4v) is 6.29. The zero-order valence-corrected chi connectivity index (χ0v) is 13.8. The molecule has 122 valence electrons. The highest BCUT2D eigenvalue weighted by Crippen LogP contribution is 2.65. The fraction of sp³-hybridized carbons (Fsp3) is 0.789. The van der Waals surface area contributed by atoms with Crippen LogP contribution in [0, 0.1) is 28.6 Å². The topological polar surface area (TPSA) is 66.5 Å². The summed E-state index contributed by atoms with van der Waals surface area (Å²) in [6.07, 6.45) is 8.93. The Bertz CT molecular complexity index is 566. The first kappa shape index (κ1) is 14.6. The van der Waals surface area contributed by atoms with Crippen molar-refractivity contribution < 1.29 is 10.2 Å². The van der Waals surface area contributed by atoms with Crippen LogP contribution in [0.5, 0.6) is 0 Å². The van der Waals surface area contributed by atoms with Crippen LogP contribution in [0.1, 0.15) is 58.8 Å². The minimum Gasteiger partial charge on any atom is -0.512 e. The van der Waals surface area contributed by atoms with Gasteiger partial charge in [-0.2, -0.15) is 0 Å². The van der Waals surface area contributed by atoms with Crippen molar-refractivity contribution >= 4 is 0 Å². The fourth-order valence-electron chi connectivity index (χ4n) is 6.29. The summed E-state index contributed by atoms with van der Waals surface area (Å²) in [4.78, 5) is 0. The molecule has 0 aromatic carbocycles. The lowest BCUT2D eigenvalue weighted by molar-refractivity contribution is -0.0128. The van der Waals surface area contributed by atoms with E-state index in [9.17, 15) is 10.2 Å². The highest BCUT2D eigenvalue weighted by atomic mass is 16.3. The normalized spacial score (nSPS) is 51.0. The number of aliphatic hydroxyl groups is 2. The lowest BCUT2D eigenvalue weighted by Crippen LogP contribution is -2.51. The molecule has 4 aliphatic carbocycles. The average molecular weight is 303 g/mol. The Morgan fingerprint density at radius 3 is 2.68 bits per heavy atom. The van der Waals surface area contributed by atoms with Gasteiger partial charge >= 0.3 is 0 Å². The van der Waals surface area contributed by atoms with Gasteiger partial charge in [0.2, 0.25) is 0 Å². The molecule has 0 radical (unpaired) electrons. The number of rotatable bonds is 0. The van der Waals surface area contributed by atoms with E-state index in [1.807, 2.05) is 0 Å². The van der Waals surface area contributed by atoms with Gasteiger partial charge < -0.3 is 15.9 Å². The van der Waals surface area contributed by atoms with Gasteiger partial charge in [0.1, 0.15) is 0 Å². The van der Waals surface area contributed by atoms with Crippen molar-refractivity contribution in [2.75, 3.05) is 0 Å². The molecule has 0 aliphatic heterocycles. The van der Waals surface area contributed by atoms with Crippen LogP contribution in [0.15, 0.2) is 23.1 Å². The second kappa shape index (κ2) is 4.53. The minimum absolute atomic E-state index is 0.00862. The Labute approximate surface area is 133 Å². The molecule has 4 rings (SSSR count). The quantitative estimate of drug-likeness (QED) is 0.640. The van der Waals surface area contributed by atoms with E-state index in [4.69, 9.17) is 5.73 Å². The second-order valence-corrected chi connectivity index (χ2v) is 8.57. The molecule has 3 heteroatoms. The zero-order chi connectivity index (χ0) is 15.7. The Morgan fingerprint density at radius 1 is 1.14 bits per heavy atom. The Hall–Kier alpha value is -0.960. The van der Waals surface area contributed by atoms with E-state index in [2.05, 4.69) is 19.9 Å². The predicted octanol–water partition coefficient (Wildman–Crippen LogP) is 3.65. The average Bonchev–Trinajstić information content (AvgIpc) is 2.78. The molecule has 0 amide bonds. The molecule has 0 aromatic rings. The number of allylic oxidation sites excluding steroid dienone is 4. The van der Waals surface area contributed by atoms with Crippen LogP contribution in [0.4, 0.5) is 0 Å². The van der Waals surface area contributed by atoms with Gasteiger partial charge in [0.05, 0.1) is 11.9 Å². The SMILES string of the molecule is C[C@]12CC[C@H]3C(=C(O)C[C@@H]4CCC=C(N)[C@@]43C)[C@@H]1CC[C@@H]2O. The maximum Gasteiger partial charge on any atom is 0.0923 e. The number of hydrogen-bond acceptors (Lipinski definition) is 3. The zero-order valence-electron chi connectivity index (χ0n) is 13.8. The van der Waals surface area contributed by atoms with E-state index in [0.29, 0.717) is 23.5 Å². The van der Waals surface area contributed by atoms with Gasteiger partial charge in [0, 0.05) is 22.9 Å². The van der Waals surface area contributed by atoms with Crippen LogP contribution < -0.4 is 5.73 Å². The van der Waals surface area contributed by atoms with E-state index in [1.54, 1.807) is 0 Å². The van der Waals surface area contributed by atoms with Crippen LogP contribution in [0.3, 0.4) is 0 Å². The summed E-state index contributed by atoms with van der Waals surface area (Å²) < 4.78 is 0. The monoisotopic (exact) mass is 303 g/mol. The number of aliphatic hydroxyl groups excluding tert-OH is 2. The molecular formula is C19H29NO2. The van der Waals surface area contributed by atoms with E-state index >= 15 is 0 Å². The van der Waals surface area contributed by atoms with E-state index in [0.717, 1.165) is 50.6 Å². The van der Waals surface area contributed by atoms with Crippen LogP contribution in [0.2, 0.25) is 0 Å². The lowest BCUT2D eigenvalue weighted by Gasteiger charge is -2.56. The molecule has 3 nitrogen and oxygen atoms in total. The third-order valence-electron chi connectivity index (χ3n) is 7.85. The molecule has 6 atom stereocenters. The first-order valence-corrected chi connectivity index (χ1v) is 8.95. The van der Waals surface area contributed by atoms with Crippen molar-refractivity contribution in [2.24, 2.45) is 34.3 Å². The molecule has 0 saturated heterocycles. The van der Waals surface area contributed by atoms with Gasteiger partial charge in [-0.05, 0) is 61.9 Å². The van der Waals surface area contributed by atoms with Crippen molar-refractivity contribution in [3.63, 3.8) is 0 Å². The van der Waals surface area contributed by atoms with Crippen molar-refractivity contribution in [1.82, 2.24) is 0 Å². The number of nitrogens with two attached hydrogens (primary N) is 1. The highest BCUT2D eigenvalue weighted by molar-refractivity contribution is 5.35. The van der Waals surface area contributed by atoms with Crippen molar-refractivity contribution in [2.45, 2.75) is 64.9 Å². The molecular weight excluding hydrogens is 274 g/mol. The number of fused-ring (bicyclic) bond motifs is 5. The maximum absolute atomic E-state index is 10.8. The molecule has 2 saturated carbocycles. The summed E-state index contributed by atoms with van der Waals surface area (Å²) in [5.41, 5.74) is 8.74. The third kappa shape index (κ3) is 1.61. The summed E-state index contributed by atoms with van der Waals surface area (Å²) in [7, 11) is 0. The second-order valence-electron chi connectivity index (χ2n) is 8.57. The Morgan fingerprint density at radius 2 is 1.91 bits per heavy atom. The molecule has 22 heavy (non-hydrogen) atoms. The van der Waals surface area contributed by atoms with E-state index < -0.39 is 0 Å². The van der Waals surface area contributed by atoms with E-state index in [1.165, 1.54) is 5.57 Å². The van der Waals surface area contributed by atoms with Crippen LogP contribution in [-0.4, -0.2) is 16.3 Å². The summed E-state index contributed by atoms with van der Waals surface area (Å²) in [5.74, 6) is 1.81. The molecule has 0 bridgehead atoms. The van der Waals surface area contributed by atoms with E-state index in [-0.39, 0.29) is 16.9 Å². The summed E-state index contributed by atoms with van der Waals surface area (Å²) in [5, 5.41) is 21.3. The van der Waals surface area contributed by atoms with Gasteiger partial charge in [-0.15, -0.1) is 0 Å². The predicted molar refractivity (Wildman–Crippen MR) is 86.9 cm³/mol. The van der Waals surface area contributed by atoms with Crippen LogP contribution in [0.25, 0.3) is 0 Å². The summed E-state index contributed by atoms with van der Waals surface area (Å²) in [6.45, 7) is 4.55. The standard InChI is InChI=1S/C19H29NO2/c1-18-9-8-13-17(12(18)6-7-16(18)22)14(21)10-11-4-3-5-15(20)19(11,13)2/h5,11-13,16,21-22H,3-4,6-10,20H2,1-2H3/t11-,12-,13-,16-,18-,19-/m0/s1. The molecule has 0 aromatic heterocycles. The summed E-state index contributed by atoms with van der Waals surface area (Å²) in [6, 6.07) is 0. The van der Waals surface area contributed by atoms with Crippen molar-refractivity contribution in [3.05, 3.63) is 23.1 Å². The van der Waals surface area contributed by atoms with Crippen molar-refractivity contribution in [1.29, 1.82) is 0 Å². The highest BCUT2D eigenvalue weighted by Gasteiger charge is 2.59. The summed E-state index contributed by atoms with van der Waals surface area (Å²) >= 11 is 0. The van der Waals surface area contributed by atoms with Gasteiger partial charge in [-0.25, -0.2) is 0 Å². The molecule has 4 N–H and O–H groups in total. The molecule has 0 unspecified atom stereocenters. The first-order valence-electron chi connectivity index (χ1n) is 8.95. The van der Waals surface area contributed by atoms with Crippen molar-refractivity contribution in [3.8, 4) is 0 Å². The maximum atomic E-state index is 10.8. The minimum atomic E-state index is -0.219. The molecule has 0 spiro atoms. The Kier molecular flexibility index (Phi) is 3.01. The van der Waals surface area contributed by atoms with Gasteiger partial charge in [0.15, 0.2) is 0 Å².